The number of hydrogen-bond donors (Lipinski definition) is 1. The minimum absolute atomic E-state index is 0.147. The van der Waals surface area contributed by atoms with Gasteiger partial charge in [0.2, 0.25) is 0 Å². The summed E-state index contributed by atoms with van der Waals surface area (Å²) in [5.41, 5.74) is 0. The van der Waals surface area contributed by atoms with Crippen LogP contribution in [0.25, 0.3) is 0 Å². The Bertz CT molecular complexity index is 200. The van der Waals surface area contributed by atoms with Gasteiger partial charge in [0.25, 0.3) is 0 Å². The van der Waals surface area contributed by atoms with Crippen molar-refractivity contribution in [2.75, 3.05) is 45.5 Å². The predicted octanol–water partition coefficient (Wildman–Crippen LogP) is 0.553. The molecular formula is C11H22O5S. The molecule has 0 bridgehead atoms. The molecule has 0 spiro atoms. The summed E-state index contributed by atoms with van der Waals surface area (Å²) in [5.74, 6) is 0.825. The normalized spacial score (nSPS) is 14.4. The molecule has 0 rings (SSSR count). The van der Waals surface area contributed by atoms with Crippen LogP contribution in [0.2, 0.25) is 0 Å². The molecule has 0 amide bonds. The molecule has 6 heteroatoms. The summed E-state index contributed by atoms with van der Waals surface area (Å²) in [6.07, 6.45) is -0.512. The molecule has 0 aromatic rings. The SMILES string of the molecule is COCCOCC(O)CSCC(C)C(=O)OC. The number of thioether (sulfide) groups is 1. The molecule has 0 heterocycles. The van der Waals surface area contributed by atoms with Gasteiger partial charge in [-0.15, -0.1) is 0 Å². The summed E-state index contributed by atoms with van der Waals surface area (Å²) >= 11 is 1.51. The smallest absolute Gasteiger partial charge is 0.309 e. The van der Waals surface area contributed by atoms with Gasteiger partial charge in [-0.05, 0) is 0 Å². The first kappa shape index (κ1) is 16.7. The lowest BCUT2D eigenvalue weighted by atomic mass is 10.2. The number of aliphatic hydroxyl groups excluding tert-OH is 1. The predicted molar refractivity (Wildman–Crippen MR) is 67.2 cm³/mol. The maximum absolute atomic E-state index is 11.1. The van der Waals surface area contributed by atoms with E-state index in [-0.39, 0.29) is 11.9 Å². The highest BCUT2D eigenvalue weighted by Crippen LogP contribution is 2.11. The van der Waals surface area contributed by atoms with E-state index >= 15 is 0 Å². The molecule has 2 unspecified atom stereocenters. The fourth-order valence-corrected chi connectivity index (χ4v) is 2.05. The Kier molecular flexibility index (Phi) is 10.6. The molecule has 5 nitrogen and oxygen atoms in total. The first-order valence-corrected chi connectivity index (χ1v) is 6.67. The first-order chi connectivity index (χ1) is 8.11. The van der Waals surface area contributed by atoms with Gasteiger partial charge >= 0.3 is 5.97 Å². The molecule has 2 atom stereocenters. The number of hydrogen-bond acceptors (Lipinski definition) is 6. The lowest BCUT2D eigenvalue weighted by Gasteiger charge is -2.12. The van der Waals surface area contributed by atoms with Crippen LogP contribution in [0.1, 0.15) is 6.92 Å². The fraction of sp³-hybridized carbons (Fsp3) is 0.909. The summed E-state index contributed by atoms with van der Waals surface area (Å²) in [6, 6.07) is 0. The lowest BCUT2D eigenvalue weighted by Crippen LogP contribution is -2.21. The molecule has 0 saturated carbocycles. The highest BCUT2D eigenvalue weighted by Gasteiger charge is 2.13. The summed E-state index contributed by atoms with van der Waals surface area (Å²) < 4.78 is 14.6. The average Bonchev–Trinajstić information content (AvgIpc) is 2.33. The van der Waals surface area contributed by atoms with E-state index < -0.39 is 6.10 Å². The Morgan fingerprint density at radius 2 is 2.00 bits per heavy atom. The van der Waals surface area contributed by atoms with Gasteiger partial charge in [-0.25, -0.2) is 0 Å². The van der Waals surface area contributed by atoms with Crippen molar-refractivity contribution in [1.29, 1.82) is 0 Å². The van der Waals surface area contributed by atoms with Gasteiger partial charge in [-0.1, -0.05) is 6.92 Å². The summed E-state index contributed by atoms with van der Waals surface area (Å²) in [4.78, 5) is 11.1. The van der Waals surface area contributed by atoms with Crippen molar-refractivity contribution in [1.82, 2.24) is 0 Å². The van der Waals surface area contributed by atoms with Crippen molar-refractivity contribution in [2.24, 2.45) is 5.92 Å². The Morgan fingerprint density at radius 1 is 1.29 bits per heavy atom. The molecular weight excluding hydrogens is 244 g/mol. The number of carbonyl (C=O) groups is 1. The minimum Gasteiger partial charge on any atom is -0.469 e. The van der Waals surface area contributed by atoms with Crippen LogP contribution in [-0.4, -0.2) is 62.7 Å². The second kappa shape index (κ2) is 10.8. The maximum Gasteiger partial charge on any atom is 0.309 e. The Morgan fingerprint density at radius 3 is 2.59 bits per heavy atom. The van der Waals surface area contributed by atoms with E-state index in [1.54, 1.807) is 14.0 Å². The van der Waals surface area contributed by atoms with Gasteiger partial charge in [-0.2, -0.15) is 11.8 Å². The van der Waals surface area contributed by atoms with Crippen LogP contribution in [0.4, 0.5) is 0 Å². The van der Waals surface area contributed by atoms with Crippen molar-refractivity contribution in [3.8, 4) is 0 Å². The van der Waals surface area contributed by atoms with Crippen LogP contribution >= 0.6 is 11.8 Å². The number of esters is 1. The van der Waals surface area contributed by atoms with E-state index in [1.165, 1.54) is 18.9 Å². The third-order valence-corrected chi connectivity index (χ3v) is 3.38. The molecule has 17 heavy (non-hydrogen) atoms. The maximum atomic E-state index is 11.1. The van der Waals surface area contributed by atoms with E-state index in [0.717, 1.165) is 0 Å². The van der Waals surface area contributed by atoms with Crippen LogP contribution in [0.5, 0.6) is 0 Å². The second-order valence-electron chi connectivity index (χ2n) is 3.68. The number of rotatable bonds is 10. The average molecular weight is 266 g/mol. The van der Waals surface area contributed by atoms with Gasteiger partial charge in [-0.3, -0.25) is 4.79 Å². The quantitative estimate of drug-likeness (QED) is 0.460. The highest BCUT2D eigenvalue weighted by molar-refractivity contribution is 7.99. The number of methoxy groups -OCH3 is 2. The Labute approximate surface area is 107 Å². The number of ether oxygens (including phenoxy) is 3. The van der Waals surface area contributed by atoms with Crippen molar-refractivity contribution in [3.63, 3.8) is 0 Å². The highest BCUT2D eigenvalue weighted by atomic mass is 32.2. The minimum atomic E-state index is -0.512. The van der Waals surface area contributed by atoms with Gasteiger partial charge in [0.15, 0.2) is 0 Å². The van der Waals surface area contributed by atoms with Crippen LogP contribution in [-0.2, 0) is 19.0 Å². The molecule has 0 aliphatic heterocycles. The lowest BCUT2D eigenvalue weighted by molar-refractivity contribution is -0.144. The molecule has 0 fully saturated rings. The molecule has 0 aliphatic rings. The second-order valence-corrected chi connectivity index (χ2v) is 4.76. The monoisotopic (exact) mass is 266 g/mol. The van der Waals surface area contributed by atoms with E-state index in [1.807, 2.05) is 0 Å². The van der Waals surface area contributed by atoms with E-state index in [0.29, 0.717) is 31.3 Å². The van der Waals surface area contributed by atoms with Gasteiger partial charge in [0.05, 0.1) is 39.0 Å². The van der Waals surface area contributed by atoms with Gasteiger partial charge < -0.3 is 19.3 Å². The standard InChI is InChI=1S/C11H22O5S/c1-9(11(13)15-3)7-17-8-10(12)6-16-5-4-14-2/h9-10,12H,4-8H2,1-3H3. The summed E-state index contributed by atoms with van der Waals surface area (Å²) in [5, 5.41) is 9.55. The molecule has 0 radical (unpaired) electrons. The van der Waals surface area contributed by atoms with E-state index in [2.05, 4.69) is 4.74 Å². The van der Waals surface area contributed by atoms with Gasteiger partial charge in [0, 0.05) is 18.6 Å². The molecule has 0 aromatic carbocycles. The first-order valence-electron chi connectivity index (χ1n) is 5.52. The van der Waals surface area contributed by atoms with Crippen molar-refractivity contribution >= 4 is 17.7 Å². The zero-order valence-corrected chi connectivity index (χ0v) is 11.5. The third kappa shape index (κ3) is 9.41. The third-order valence-electron chi connectivity index (χ3n) is 2.02. The molecule has 0 saturated heterocycles. The molecule has 1 N–H and O–H groups in total. The van der Waals surface area contributed by atoms with Crippen molar-refractivity contribution in [2.45, 2.75) is 13.0 Å². The fourth-order valence-electron chi connectivity index (χ4n) is 1.06. The van der Waals surface area contributed by atoms with Crippen molar-refractivity contribution < 1.29 is 24.1 Å². The van der Waals surface area contributed by atoms with Crippen LogP contribution < -0.4 is 0 Å². The summed E-state index contributed by atoms with van der Waals surface area (Å²) in [7, 11) is 2.98. The van der Waals surface area contributed by atoms with Crippen LogP contribution in [0.15, 0.2) is 0 Å². The molecule has 0 aliphatic carbocycles. The zero-order valence-electron chi connectivity index (χ0n) is 10.7. The molecule has 0 aromatic heterocycles. The van der Waals surface area contributed by atoms with Crippen molar-refractivity contribution in [3.05, 3.63) is 0 Å². The Hall–Kier alpha value is -0.300. The largest absolute Gasteiger partial charge is 0.469 e. The zero-order chi connectivity index (χ0) is 13.1. The topological polar surface area (TPSA) is 65.0 Å². The van der Waals surface area contributed by atoms with Crippen LogP contribution in [0, 0.1) is 5.92 Å². The number of carbonyl (C=O) groups excluding carboxylic acids is 1. The molecule has 102 valence electrons. The van der Waals surface area contributed by atoms with E-state index in [4.69, 9.17) is 9.47 Å². The van der Waals surface area contributed by atoms with Gasteiger partial charge in [0.1, 0.15) is 0 Å². The van der Waals surface area contributed by atoms with E-state index in [9.17, 15) is 9.90 Å². The summed E-state index contributed by atoms with van der Waals surface area (Å²) in [6.45, 7) is 3.11. The Balaban J connectivity index is 3.44. The number of aliphatic hydroxyl groups is 1. The van der Waals surface area contributed by atoms with Crippen LogP contribution in [0.3, 0.4) is 0 Å².